The summed E-state index contributed by atoms with van der Waals surface area (Å²) in [7, 11) is 0. The van der Waals surface area contributed by atoms with E-state index in [1.807, 2.05) is 12.1 Å². The van der Waals surface area contributed by atoms with E-state index in [9.17, 15) is 4.79 Å². The SMILES string of the molecule is N[C@@H]1c2ccccc2C[C@H]1NC(=O)CCC1CCOCC1. The van der Waals surface area contributed by atoms with Crippen molar-refractivity contribution in [3.63, 3.8) is 0 Å². The second-order valence-corrected chi connectivity index (χ2v) is 6.20. The van der Waals surface area contributed by atoms with Crippen molar-refractivity contribution in [1.82, 2.24) is 5.32 Å². The number of nitrogens with two attached hydrogens (primary N) is 1. The minimum Gasteiger partial charge on any atom is -0.381 e. The van der Waals surface area contributed by atoms with Crippen molar-refractivity contribution in [2.45, 2.75) is 44.2 Å². The van der Waals surface area contributed by atoms with E-state index >= 15 is 0 Å². The highest BCUT2D eigenvalue weighted by Gasteiger charge is 2.30. The Balaban J connectivity index is 1.47. The summed E-state index contributed by atoms with van der Waals surface area (Å²) in [5.41, 5.74) is 8.68. The first-order valence-corrected chi connectivity index (χ1v) is 7.94. The fourth-order valence-corrected chi connectivity index (χ4v) is 3.42. The average Bonchev–Trinajstić information content (AvgIpc) is 2.83. The number of hydrogen-bond acceptors (Lipinski definition) is 3. The number of carbonyl (C=O) groups is 1. The molecule has 0 saturated carbocycles. The Morgan fingerprint density at radius 1 is 1.29 bits per heavy atom. The van der Waals surface area contributed by atoms with Crippen LogP contribution in [0.2, 0.25) is 0 Å². The molecule has 0 unspecified atom stereocenters. The van der Waals surface area contributed by atoms with Crippen LogP contribution in [0.3, 0.4) is 0 Å². The summed E-state index contributed by atoms with van der Waals surface area (Å²) in [6, 6.07) is 8.17. The molecule has 1 aromatic carbocycles. The van der Waals surface area contributed by atoms with E-state index in [0.29, 0.717) is 12.3 Å². The fraction of sp³-hybridized carbons (Fsp3) is 0.588. The van der Waals surface area contributed by atoms with Gasteiger partial charge in [-0.1, -0.05) is 24.3 Å². The Bertz CT molecular complexity index is 497. The molecule has 1 aromatic rings. The van der Waals surface area contributed by atoms with Crippen molar-refractivity contribution in [2.24, 2.45) is 11.7 Å². The molecule has 0 aromatic heterocycles. The summed E-state index contributed by atoms with van der Waals surface area (Å²) >= 11 is 0. The Kier molecular flexibility index (Phi) is 4.56. The molecule has 1 aliphatic heterocycles. The van der Waals surface area contributed by atoms with Crippen LogP contribution in [0.15, 0.2) is 24.3 Å². The third-order valence-electron chi connectivity index (χ3n) is 4.75. The largest absolute Gasteiger partial charge is 0.381 e. The van der Waals surface area contributed by atoms with E-state index < -0.39 is 0 Å². The summed E-state index contributed by atoms with van der Waals surface area (Å²) in [4.78, 5) is 12.1. The molecule has 1 saturated heterocycles. The normalized spacial score (nSPS) is 25.6. The molecule has 2 atom stereocenters. The highest BCUT2D eigenvalue weighted by atomic mass is 16.5. The van der Waals surface area contributed by atoms with Crippen molar-refractivity contribution >= 4 is 5.91 Å². The van der Waals surface area contributed by atoms with E-state index in [2.05, 4.69) is 17.4 Å². The molecule has 21 heavy (non-hydrogen) atoms. The topological polar surface area (TPSA) is 64.3 Å². The molecule has 0 spiro atoms. The molecule has 1 amide bonds. The molecule has 1 heterocycles. The molecule has 4 heteroatoms. The Morgan fingerprint density at radius 3 is 2.81 bits per heavy atom. The number of fused-ring (bicyclic) bond motifs is 1. The third kappa shape index (κ3) is 3.44. The van der Waals surface area contributed by atoms with Crippen LogP contribution in [0.5, 0.6) is 0 Å². The van der Waals surface area contributed by atoms with Gasteiger partial charge in [0.05, 0.1) is 12.1 Å². The minimum atomic E-state index is -0.0757. The molecular formula is C17H24N2O2. The van der Waals surface area contributed by atoms with Crippen LogP contribution in [0.1, 0.15) is 42.9 Å². The predicted octanol–water partition coefficient (Wildman–Crippen LogP) is 1.93. The maximum absolute atomic E-state index is 12.1. The zero-order chi connectivity index (χ0) is 14.7. The zero-order valence-corrected chi connectivity index (χ0v) is 12.4. The third-order valence-corrected chi connectivity index (χ3v) is 4.75. The van der Waals surface area contributed by atoms with Crippen LogP contribution < -0.4 is 11.1 Å². The standard InChI is InChI=1S/C17H24N2O2/c18-17-14-4-2-1-3-13(14)11-15(17)19-16(20)6-5-12-7-9-21-10-8-12/h1-4,12,15,17H,5-11,18H2,(H,19,20)/t15-,17-/m1/s1. The Hall–Kier alpha value is -1.39. The molecule has 3 N–H and O–H groups in total. The molecule has 0 bridgehead atoms. The number of rotatable bonds is 4. The Labute approximate surface area is 126 Å². The van der Waals surface area contributed by atoms with Crippen LogP contribution in [-0.4, -0.2) is 25.2 Å². The number of carbonyl (C=O) groups excluding carboxylic acids is 1. The van der Waals surface area contributed by atoms with E-state index in [0.717, 1.165) is 38.9 Å². The van der Waals surface area contributed by atoms with Crippen molar-refractivity contribution in [1.29, 1.82) is 0 Å². The van der Waals surface area contributed by atoms with Gasteiger partial charge in [0, 0.05) is 19.6 Å². The fourth-order valence-electron chi connectivity index (χ4n) is 3.42. The number of hydrogen-bond donors (Lipinski definition) is 2. The van der Waals surface area contributed by atoms with Crippen LogP contribution in [0.25, 0.3) is 0 Å². The van der Waals surface area contributed by atoms with Crippen LogP contribution >= 0.6 is 0 Å². The molecule has 0 radical (unpaired) electrons. The predicted molar refractivity (Wildman–Crippen MR) is 81.8 cm³/mol. The molecule has 114 valence electrons. The molecule has 4 nitrogen and oxygen atoms in total. The lowest BCUT2D eigenvalue weighted by atomic mass is 9.94. The molecule has 1 fully saturated rings. The van der Waals surface area contributed by atoms with Gasteiger partial charge in [-0.15, -0.1) is 0 Å². The first-order chi connectivity index (χ1) is 10.2. The average molecular weight is 288 g/mol. The lowest BCUT2D eigenvalue weighted by Gasteiger charge is -2.22. The van der Waals surface area contributed by atoms with Crippen molar-refractivity contribution < 1.29 is 9.53 Å². The maximum atomic E-state index is 12.1. The van der Waals surface area contributed by atoms with E-state index in [-0.39, 0.29) is 18.0 Å². The zero-order valence-electron chi connectivity index (χ0n) is 12.4. The summed E-state index contributed by atoms with van der Waals surface area (Å²) in [6.45, 7) is 1.68. The van der Waals surface area contributed by atoms with Gasteiger partial charge in [0.2, 0.25) is 5.91 Å². The van der Waals surface area contributed by atoms with Crippen molar-refractivity contribution in [3.8, 4) is 0 Å². The number of amides is 1. The van der Waals surface area contributed by atoms with E-state index in [1.54, 1.807) is 0 Å². The van der Waals surface area contributed by atoms with Gasteiger partial charge in [-0.2, -0.15) is 0 Å². The van der Waals surface area contributed by atoms with Crippen molar-refractivity contribution in [2.75, 3.05) is 13.2 Å². The van der Waals surface area contributed by atoms with E-state index in [1.165, 1.54) is 11.1 Å². The summed E-state index contributed by atoms with van der Waals surface area (Å²) < 4.78 is 5.35. The second-order valence-electron chi connectivity index (χ2n) is 6.20. The monoisotopic (exact) mass is 288 g/mol. The van der Waals surface area contributed by atoms with Crippen molar-refractivity contribution in [3.05, 3.63) is 35.4 Å². The number of benzene rings is 1. The van der Waals surface area contributed by atoms with Crippen LogP contribution in [-0.2, 0) is 16.0 Å². The molecule has 2 aliphatic rings. The van der Waals surface area contributed by atoms with Crippen LogP contribution in [0, 0.1) is 5.92 Å². The lowest BCUT2D eigenvalue weighted by molar-refractivity contribution is -0.122. The highest BCUT2D eigenvalue weighted by Crippen LogP contribution is 2.29. The van der Waals surface area contributed by atoms with Gasteiger partial charge in [0.25, 0.3) is 0 Å². The van der Waals surface area contributed by atoms with Crippen LogP contribution in [0.4, 0.5) is 0 Å². The number of nitrogens with one attached hydrogen (secondary N) is 1. The van der Waals surface area contributed by atoms with E-state index in [4.69, 9.17) is 10.5 Å². The minimum absolute atomic E-state index is 0.0459. The quantitative estimate of drug-likeness (QED) is 0.890. The lowest BCUT2D eigenvalue weighted by Crippen LogP contribution is -2.40. The molecular weight excluding hydrogens is 264 g/mol. The van der Waals surface area contributed by atoms with Gasteiger partial charge in [0.15, 0.2) is 0 Å². The van der Waals surface area contributed by atoms with Gasteiger partial charge in [-0.3, -0.25) is 4.79 Å². The van der Waals surface area contributed by atoms with Gasteiger partial charge in [-0.05, 0) is 42.7 Å². The summed E-state index contributed by atoms with van der Waals surface area (Å²) in [5, 5.41) is 3.12. The summed E-state index contributed by atoms with van der Waals surface area (Å²) in [6.07, 6.45) is 4.58. The first kappa shape index (κ1) is 14.5. The summed E-state index contributed by atoms with van der Waals surface area (Å²) in [5.74, 6) is 0.772. The maximum Gasteiger partial charge on any atom is 0.220 e. The Morgan fingerprint density at radius 2 is 2.05 bits per heavy atom. The van der Waals surface area contributed by atoms with Gasteiger partial charge in [0.1, 0.15) is 0 Å². The first-order valence-electron chi connectivity index (χ1n) is 7.94. The van der Waals surface area contributed by atoms with Gasteiger partial charge >= 0.3 is 0 Å². The second kappa shape index (κ2) is 6.58. The van der Waals surface area contributed by atoms with Gasteiger partial charge < -0.3 is 15.8 Å². The smallest absolute Gasteiger partial charge is 0.220 e. The van der Waals surface area contributed by atoms with Gasteiger partial charge in [-0.25, -0.2) is 0 Å². The molecule has 1 aliphatic carbocycles. The highest BCUT2D eigenvalue weighted by molar-refractivity contribution is 5.76. The molecule has 3 rings (SSSR count). The number of ether oxygens (including phenoxy) is 1.